The van der Waals surface area contributed by atoms with E-state index in [9.17, 15) is 4.79 Å². The Morgan fingerprint density at radius 3 is 2.50 bits per heavy atom. The Labute approximate surface area is 87.0 Å². The number of nitrogens with one attached hydrogen (secondary N) is 1. The van der Waals surface area contributed by atoms with Gasteiger partial charge in [0.05, 0.1) is 0 Å². The molecule has 2 nitrogen and oxygen atoms in total. The van der Waals surface area contributed by atoms with Crippen molar-refractivity contribution in [2.24, 2.45) is 0 Å². The molecule has 0 rings (SSSR count). The molecule has 12 heavy (non-hydrogen) atoms. The first kappa shape index (κ1) is 12.3. The first-order valence-electron chi connectivity index (χ1n) is 3.43. The summed E-state index contributed by atoms with van der Waals surface area (Å²) >= 11 is 16.9. The van der Waals surface area contributed by atoms with Crippen LogP contribution < -0.4 is 5.32 Å². The van der Waals surface area contributed by atoms with Gasteiger partial charge in [-0.25, -0.2) is 0 Å². The van der Waals surface area contributed by atoms with Gasteiger partial charge in [0, 0.05) is 6.54 Å². The molecule has 1 N–H and O–H groups in total. The summed E-state index contributed by atoms with van der Waals surface area (Å²) in [6, 6.07) is -1.94. The number of amides is 1. The molecule has 0 aliphatic carbocycles. The van der Waals surface area contributed by atoms with E-state index in [1.54, 1.807) is 0 Å². The molecule has 0 aromatic carbocycles. The number of hydrogen-bond acceptors (Lipinski definition) is 1. The van der Waals surface area contributed by atoms with E-state index in [4.69, 9.17) is 33.2 Å². The van der Waals surface area contributed by atoms with Gasteiger partial charge in [0.1, 0.15) is 0 Å². The fourth-order valence-corrected chi connectivity index (χ4v) is 2.35. The molecule has 0 saturated carbocycles. The van der Waals surface area contributed by atoms with Crippen LogP contribution in [0.1, 0.15) is 6.42 Å². The van der Waals surface area contributed by atoms with E-state index in [0.717, 1.165) is 0 Å². The summed E-state index contributed by atoms with van der Waals surface area (Å²) in [4.78, 5) is 10.6. The van der Waals surface area contributed by atoms with Gasteiger partial charge in [-0.2, -0.15) is 0 Å². The zero-order valence-corrected chi connectivity index (χ0v) is 9.72. The minimum Gasteiger partial charge on any atom is -0.353 e. The highest BCUT2D eigenvalue weighted by Gasteiger charge is 2.23. The smallest absolute Gasteiger partial charge is 0.341 e. The average Bonchev–Trinajstić information content (AvgIpc) is 1.96. The van der Waals surface area contributed by atoms with Crippen molar-refractivity contribution >= 4 is 45.1 Å². The fraction of sp³-hybridized carbons (Fsp3) is 0.500. The zero-order valence-electron chi connectivity index (χ0n) is 6.45. The summed E-state index contributed by atoms with van der Waals surface area (Å²) in [5.41, 5.74) is 0. The van der Waals surface area contributed by atoms with Crippen molar-refractivity contribution in [3.8, 4) is 0 Å². The van der Waals surface area contributed by atoms with Crippen LogP contribution in [0.5, 0.6) is 0 Å². The first-order valence-corrected chi connectivity index (χ1v) is 8.67. The van der Waals surface area contributed by atoms with Crippen molar-refractivity contribution in [2.75, 3.05) is 6.54 Å². The lowest BCUT2D eigenvalue weighted by Gasteiger charge is -2.06. The third-order valence-corrected chi connectivity index (χ3v) is 3.74. The molecule has 0 spiro atoms. The fourth-order valence-electron chi connectivity index (χ4n) is 0.573. The predicted octanol–water partition coefficient (Wildman–Crippen LogP) is 2.33. The molecular weight excluding hydrogens is 237 g/mol. The standard InChI is InChI=1S/C6H10Cl3NOSi/c1-2-6(11)10-4-3-5-12(7,8)9/h2H,1,3-5H2,(H,10,11). The van der Waals surface area contributed by atoms with Crippen LogP contribution in [0.3, 0.4) is 0 Å². The van der Waals surface area contributed by atoms with Gasteiger partial charge in [0.25, 0.3) is 0 Å². The Kier molecular flexibility index (Phi) is 6.00. The van der Waals surface area contributed by atoms with Crippen molar-refractivity contribution in [3.05, 3.63) is 12.7 Å². The molecule has 0 aliphatic heterocycles. The molecule has 0 aromatic rings. The molecule has 0 unspecified atom stereocenters. The second-order valence-corrected chi connectivity index (χ2v) is 11.5. The van der Waals surface area contributed by atoms with Crippen molar-refractivity contribution in [1.82, 2.24) is 5.32 Å². The van der Waals surface area contributed by atoms with Crippen molar-refractivity contribution in [2.45, 2.75) is 12.5 Å². The van der Waals surface area contributed by atoms with E-state index >= 15 is 0 Å². The molecule has 0 fully saturated rings. The van der Waals surface area contributed by atoms with Gasteiger partial charge in [0.15, 0.2) is 0 Å². The summed E-state index contributed by atoms with van der Waals surface area (Å²) < 4.78 is 0. The molecule has 0 saturated heterocycles. The molecule has 0 bridgehead atoms. The van der Waals surface area contributed by atoms with Crippen LogP contribution in [0, 0.1) is 0 Å². The van der Waals surface area contributed by atoms with E-state index in [1.165, 1.54) is 6.08 Å². The molecule has 6 heteroatoms. The molecule has 0 radical (unpaired) electrons. The number of rotatable bonds is 5. The maximum Gasteiger partial charge on any atom is 0.341 e. The lowest BCUT2D eigenvalue weighted by atomic mass is 10.4. The maximum absolute atomic E-state index is 10.6. The topological polar surface area (TPSA) is 29.1 Å². The van der Waals surface area contributed by atoms with Gasteiger partial charge in [-0.1, -0.05) is 6.58 Å². The van der Waals surface area contributed by atoms with Gasteiger partial charge < -0.3 is 5.32 Å². The molecule has 0 aromatic heterocycles. The average molecular weight is 247 g/mol. The number of carbonyl (C=O) groups is 1. The molecule has 70 valence electrons. The quantitative estimate of drug-likeness (QED) is 0.343. The minimum atomic E-state index is -2.50. The van der Waals surface area contributed by atoms with E-state index in [2.05, 4.69) is 11.9 Å². The van der Waals surface area contributed by atoms with E-state index in [1.807, 2.05) is 0 Å². The Balaban J connectivity index is 3.34. The van der Waals surface area contributed by atoms with Crippen LogP contribution in [0.2, 0.25) is 6.04 Å². The van der Waals surface area contributed by atoms with Crippen LogP contribution >= 0.6 is 33.2 Å². The summed E-state index contributed by atoms with van der Waals surface area (Å²) in [6.07, 6.45) is 1.91. The highest BCUT2D eigenvalue weighted by molar-refractivity contribution is 7.64. The zero-order chi connectivity index (χ0) is 9.61. The maximum atomic E-state index is 10.6. The van der Waals surface area contributed by atoms with Crippen LogP contribution in [0.15, 0.2) is 12.7 Å². The summed E-state index contributed by atoms with van der Waals surface area (Å²) in [5, 5.41) is 2.59. The molecular formula is C6H10Cl3NOSi. The highest BCUT2D eigenvalue weighted by atomic mass is 35.8. The van der Waals surface area contributed by atoms with Gasteiger partial charge in [-0.05, 0) is 18.5 Å². The van der Waals surface area contributed by atoms with Crippen molar-refractivity contribution < 1.29 is 4.79 Å². The van der Waals surface area contributed by atoms with Crippen LogP contribution in [0.25, 0.3) is 0 Å². The summed E-state index contributed by atoms with van der Waals surface area (Å²) in [7, 11) is 0. The summed E-state index contributed by atoms with van der Waals surface area (Å²) in [5.74, 6) is -0.194. The van der Waals surface area contributed by atoms with Crippen molar-refractivity contribution in [3.63, 3.8) is 0 Å². The number of hydrogen-bond donors (Lipinski definition) is 1. The first-order chi connectivity index (χ1) is 5.45. The molecule has 0 aliphatic rings. The van der Waals surface area contributed by atoms with Crippen LogP contribution in [-0.2, 0) is 4.79 Å². The van der Waals surface area contributed by atoms with Gasteiger partial charge in [0.2, 0.25) is 5.91 Å². The van der Waals surface area contributed by atoms with Gasteiger partial charge in [-0.15, -0.1) is 33.2 Å². The minimum absolute atomic E-state index is 0.194. The number of carbonyl (C=O) groups excluding carboxylic acids is 1. The van der Waals surface area contributed by atoms with E-state index < -0.39 is 6.00 Å². The Morgan fingerprint density at radius 2 is 2.08 bits per heavy atom. The third-order valence-electron chi connectivity index (χ3n) is 1.12. The van der Waals surface area contributed by atoms with Crippen LogP contribution in [-0.4, -0.2) is 18.5 Å². The van der Waals surface area contributed by atoms with Gasteiger partial charge in [-0.3, -0.25) is 4.79 Å². The Hall–Kier alpha value is 0.297. The Bertz CT molecular complexity index is 169. The largest absolute Gasteiger partial charge is 0.353 e. The molecule has 0 heterocycles. The Morgan fingerprint density at radius 1 is 1.50 bits per heavy atom. The highest BCUT2D eigenvalue weighted by Crippen LogP contribution is 2.25. The second-order valence-electron chi connectivity index (χ2n) is 2.21. The van der Waals surface area contributed by atoms with Crippen molar-refractivity contribution in [1.29, 1.82) is 0 Å². The SMILES string of the molecule is C=CC(=O)NCCC[Si](Cl)(Cl)Cl. The second kappa shape index (κ2) is 5.86. The number of halogens is 3. The van der Waals surface area contributed by atoms with E-state index in [-0.39, 0.29) is 5.91 Å². The van der Waals surface area contributed by atoms with E-state index in [0.29, 0.717) is 19.0 Å². The lowest BCUT2D eigenvalue weighted by molar-refractivity contribution is -0.116. The molecule has 0 atom stereocenters. The van der Waals surface area contributed by atoms with Crippen LogP contribution in [0.4, 0.5) is 0 Å². The third kappa shape index (κ3) is 8.39. The normalized spacial score (nSPS) is 10.9. The van der Waals surface area contributed by atoms with Gasteiger partial charge >= 0.3 is 6.00 Å². The monoisotopic (exact) mass is 245 g/mol. The lowest BCUT2D eigenvalue weighted by Crippen LogP contribution is -2.23. The summed E-state index contributed by atoms with van der Waals surface area (Å²) in [6.45, 7) is 3.84. The predicted molar refractivity (Wildman–Crippen MR) is 55.9 cm³/mol. The molecule has 1 amide bonds.